The van der Waals surface area contributed by atoms with Gasteiger partial charge in [0.1, 0.15) is 17.8 Å². The summed E-state index contributed by atoms with van der Waals surface area (Å²) in [4.78, 5) is 23.8. The van der Waals surface area contributed by atoms with E-state index in [-0.39, 0.29) is 40.1 Å². The van der Waals surface area contributed by atoms with E-state index in [1.165, 1.54) is 23.3 Å². The Hall–Kier alpha value is -2.28. The van der Waals surface area contributed by atoms with Crippen LogP contribution in [0.15, 0.2) is 47.6 Å². The van der Waals surface area contributed by atoms with Crippen LogP contribution in [0.3, 0.4) is 0 Å². The van der Waals surface area contributed by atoms with E-state index in [1.54, 1.807) is 12.1 Å². The van der Waals surface area contributed by atoms with Gasteiger partial charge < -0.3 is 20.4 Å². The molecule has 0 amide bonds. The zero-order valence-corrected chi connectivity index (χ0v) is 20.7. The number of aliphatic hydroxyl groups excluding tert-OH is 2. The quantitative estimate of drug-likeness (QED) is 0.480. The van der Waals surface area contributed by atoms with Gasteiger partial charge in [-0.1, -0.05) is 56.2 Å². The van der Waals surface area contributed by atoms with Gasteiger partial charge in [0.25, 0.3) is 0 Å². The second-order valence-electron chi connectivity index (χ2n) is 11.7. The lowest BCUT2D eigenvalue weighted by atomic mass is 9.50. The summed E-state index contributed by atoms with van der Waals surface area (Å²) in [6.45, 7) is 6.20. The van der Waals surface area contributed by atoms with Crippen LogP contribution in [-0.4, -0.2) is 43.9 Å². The normalized spacial score (nSPS) is 40.1. The number of aliphatic hydroxyl groups is 3. The van der Waals surface area contributed by atoms with Gasteiger partial charge in [0.05, 0.1) is 5.56 Å². The van der Waals surface area contributed by atoms with Gasteiger partial charge in [0.2, 0.25) is 0 Å². The van der Waals surface area contributed by atoms with E-state index < -0.39 is 29.2 Å². The second-order valence-corrected chi connectivity index (χ2v) is 11.7. The molecule has 0 aliphatic heterocycles. The average molecular weight is 481 g/mol. The third-order valence-electron chi connectivity index (χ3n) is 10.3. The molecule has 4 N–H and O–H groups in total. The van der Waals surface area contributed by atoms with Gasteiger partial charge in [0, 0.05) is 17.3 Å². The lowest BCUT2D eigenvalue weighted by Gasteiger charge is -2.56. The number of hydrogen-bond donors (Lipinski definition) is 4. The Labute approximate surface area is 206 Å². The number of carboxylic acid groups (broad SMARTS) is 1. The minimum atomic E-state index is -1.59. The molecule has 35 heavy (non-hydrogen) atoms. The molecule has 0 aromatic heterocycles. The van der Waals surface area contributed by atoms with Gasteiger partial charge in [-0.25, -0.2) is 4.79 Å². The summed E-state index contributed by atoms with van der Waals surface area (Å²) < 4.78 is 0. The number of aromatic carboxylic acids is 1. The maximum Gasteiger partial charge on any atom is 0.336 e. The maximum atomic E-state index is 12.2. The highest BCUT2D eigenvalue weighted by Crippen LogP contribution is 2.67. The summed E-state index contributed by atoms with van der Waals surface area (Å²) in [6, 6.07) is 6.11. The zero-order valence-electron chi connectivity index (χ0n) is 20.7. The summed E-state index contributed by atoms with van der Waals surface area (Å²) in [5.41, 5.74) is 0.229. The first kappa shape index (κ1) is 24.4. The predicted octanol–water partition coefficient (Wildman–Crippen LogP) is 4.21. The summed E-state index contributed by atoms with van der Waals surface area (Å²) >= 11 is 0. The molecule has 1 aromatic carbocycles. The summed E-state index contributed by atoms with van der Waals surface area (Å²) in [7, 11) is 0. The molecular formula is C29H36O6. The fourth-order valence-electron chi connectivity index (χ4n) is 8.22. The van der Waals surface area contributed by atoms with Gasteiger partial charge in [-0.05, 0) is 67.6 Å². The van der Waals surface area contributed by atoms with E-state index in [4.69, 9.17) is 0 Å². The van der Waals surface area contributed by atoms with Crippen molar-refractivity contribution in [3.8, 4) is 0 Å². The average Bonchev–Trinajstić information content (AvgIpc) is 3.05. The van der Waals surface area contributed by atoms with Crippen LogP contribution in [0, 0.1) is 28.6 Å². The monoisotopic (exact) mass is 480 g/mol. The highest BCUT2D eigenvalue weighted by Gasteiger charge is 2.67. The van der Waals surface area contributed by atoms with Gasteiger partial charge in [-0.15, -0.1) is 0 Å². The molecule has 5 rings (SSSR count). The Morgan fingerprint density at radius 2 is 1.86 bits per heavy atom. The van der Waals surface area contributed by atoms with Crippen molar-refractivity contribution in [1.29, 1.82) is 0 Å². The molecule has 6 heteroatoms. The number of allylic oxidation sites excluding steroid dienone is 4. The first-order chi connectivity index (χ1) is 16.4. The molecule has 0 spiro atoms. The number of carbonyl (C=O) groups is 2. The van der Waals surface area contributed by atoms with Crippen molar-refractivity contribution >= 4 is 11.8 Å². The molecule has 2 saturated carbocycles. The largest absolute Gasteiger partial charge is 0.478 e. The number of fused-ring (bicyclic) bond motifs is 5. The molecule has 1 unspecified atom stereocenters. The van der Waals surface area contributed by atoms with Crippen LogP contribution in [0.1, 0.15) is 81.3 Å². The third-order valence-corrected chi connectivity index (χ3v) is 10.3. The van der Waals surface area contributed by atoms with Crippen molar-refractivity contribution in [2.75, 3.05) is 0 Å². The topological polar surface area (TPSA) is 115 Å². The fraction of sp³-hybridized carbons (Fsp3) is 0.586. The molecule has 8 atom stereocenters. The third kappa shape index (κ3) is 3.26. The van der Waals surface area contributed by atoms with Crippen LogP contribution < -0.4 is 0 Å². The highest BCUT2D eigenvalue weighted by atomic mass is 16.4. The van der Waals surface area contributed by atoms with E-state index in [0.717, 1.165) is 19.3 Å². The molecule has 1 aromatic rings. The number of carbonyl (C=O) groups excluding carboxylic acids is 1. The maximum absolute atomic E-state index is 12.2. The standard InChI is InChI=1S/C29H36O6/c1-16-14-23-21-9-8-17-15-18(30)10-12-27(17,2)22(21)11-13-28(23,3)29(16,35)25(32)24(31)19-6-4-5-7-20(19)26(33)34/h4-7,11,15-16,21,23-25,31-32,35H,8-10,12-14H2,1-3H3,(H,33,34)/t16-,21+,23-,24?,25-,27-,28-,29-/m0/s1. The van der Waals surface area contributed by atoms with Crippen molar-refractivity contribution < 1.29 is 30.0 Å². The molecule has 0 radical (unpaired) electrons. The van der Waals surface area contributed by atoms with Gasteiger partial charge >= 0.3 is 5.97 Å². The van der Waals surface area contributed by atoms with Crippen LogP contribution in [0.4, 0.5) is 0 Å². The molecule has 2 fully saturated rings. The second kappa shape index (κ2) is 8.12. The van der Waals surface area contributed by atoms with E-state index in [0.29, 0.717) is 19.3 Å². The zero-order chi connectivity index (χ0) is 25.3. The molecule has 0 bridgehead atoms. The van der Waals surface area contributed by atoms with E-state index >= 15 is 0 Å². The molecule has 4 aliphatic carbocycles. The van der Waals surface area contributed by atoms with Crippen LogP contribution in [-0.2, 0) is 4.79 Å². The van der Waals surface area contributed by atoms with Crippen molar-refractivity contribution in [3.05, 3.63) is 58.7 Å². The highest BCUT2D eigenvalue weighted by molar-refractivity contribution is 5.92. The molecule has 4 aliphatic rings. The van der Waals surface area contributed by atoms with Crippen LogP contribution in [0.25, 0.3) is 0 Å². The summed E-state index contributed by atoms with van der Waals surface area (Å²) in [5, 5.41) is 44.5. The van der Waals surface area contributed by atoms with E-state index in [9.17, 15) is 30.0 Å². The van der Waals surface area contributed by atoms with Gasteiger partial charge in [-0.3, -0.25) is 4.79 Å². The van der Waals surface area contributed by atoms with Crippen LogP contribution in [0.5, 0.6) is 0 Å². The Kier molecular flexibility index (Phi) is 5.66. The number of hydrogen-bond acceptors (Lipinski definition) is 5. The van der Waals surface area contributed by atoms with E-state index in [1.807, 2.05) is 19.9 Å². The first-order valence-corrected chi connectivity index (χ1v) is 12.8. The Morgan fingerprint density at radius 3 is 2.57 bits per heavy atom. The van der Waals surface area contributed by atoms with Crippen molar-refractivity contribution in [3.63, 3.8) is 0 Å². The summed E-state index contributed by atoms with van der Waals surface area (Å²) in [5.74, 6) is -0.895. The Bertz CT molecular complexity index is 1140. The Morgan fingerprint density at radius 1 is 1.14 bits per heavy atom. The molecule has 6 nitrogen and oxygen atoms in total. The lowest BCUT2D eigenvalue weighted by Crippen LogP contribution is -2.60. The fourth-order valence-corrected chi connectivity index (χ4v) is 8.22. The number of carboxylic acids is 1. The molecule has 188 valence electrons. The smallest absolute Gasteiger partial charge is 0.336 e. The van der Waals surface area contributed by atoms with E-state index in [2.05, 4.69) is 13.0 Å². The number of benzene rings is 1. The lowest BCUT2D eigenvalue weighted by molar-refractivity contribution is -0.200. The van der Waals surface area contributed by atoms with Crippen molar-refractivity contribution in [2.24, 2.45) is 28.6 Å². The minimum Gasteiger partial charge on any atom is -0.478 e. The number of rotatable bonds is 4. The van der Waals surface area contributed by atoms with Crippen LogP contribution >= 0.6 is 0 Å². The summed E-state index contributed by atoms with van der Waals surface area (Å²) in [6.07, 6.45) is 5.43. The van der Waals surface area contributed by atoms with Gasteiger partial charge in [0.15, 0.2) is 5.78 Å². The van der Waals surface area contributed by atoms with Gasteiger partial charge in [-0.2, -0.15) is 0 Å². The Balaban J connectivity index is 1.53. The number of ketones is 1. The predicted molar refractivity (Wildman–Crippen MR) is 131 cm³/mol. The first-order valence-electron chi connectivity index (χ1n) is 12.8. The minimum absolute atomic E-state index is 0.0767. The van der Waals surface area contributed by atoms with Crippen molar-refractivity contribution in [2.45, 2.75) is 77.1 Å². The SMILES string of the molecule is C[C@H]1C[C@H]2[C@@H]3CCC4=CC(=O)CC[C@]4(C)C3=CC[C@]2(C)[C@@]1(O)[C@@H](O)C(O)c1ccccc1C(=O)O. The molecule has 0 saturated heterocycles. The van der Waals surface area contributed by atoms with Crippen LogP contribution in [0.2, 0.25) is 0 Å². The molecular weight excluding hydrogens is 444 g/mol. The molecule has 0 heterocycles. The van der Waals surface area contributed by atoms with Crippen molar-refractivity contribution in [1.82, 2.24) is 0 Å².